The lowest BCUT2D eigenvalue weighted by molar-refractivity contribution is -0.0884. The first kappa shape index (κ1) is 30.6. The smallest absolute Gasteiger partial charge is 0.364 e. The molecule has 0 fully saturated rings. The minimum absolute atomic E-state index is 0.0107. The van der Waals surface area contributed by atoms with Crippen LogP contribution < -0.4 is 10.6 Å². The molecule has 12 heteroatoms. The Hall–Kier alpha value is -2.61. The van der Waals surface area contributed by atoms with Gasteiger partial charge in [0.15, 0.2) is 5.78 Å². The van der Waals surface area contributed by atoms with Crippen LogP contribution in [0.1, 0.15) is 41.0 Å². The van der Waals surface area contributed by atoms with E-state index in [1.54, 1.807) is 51.4 Å². The number of carbonyl (C=O) groups is 2. The van der Waals surface area contributed by atoms with Gasteiger partial charge < -0.3 is 15.2 Å². The fourth-order valence-corrected chi connectivity index (χ4v) is 4.16. The Kier molecular flexibility index (Phi) is 10.6. The average Bonchev–Trinajstić information content (AvgIpc) is 2.81. The number of Topliss-reactive ketones (excluding diaryl/α,β-unsaturated/α-hetero) is 2. The van der Waals surface area contributed by atoms with Crippen molar-refractivity contribution in [1.82, 2.24) is 0 Å². The summed E-state index contributed by atoms with van der Waals surface area (Å²) in [6.07, 6.45) is -3.80. The average molecular weight is 576 g/mol. The van der Waals surface area contributed by atoms with Gasteiger partial charge in [0.2, 0.25) is 0 Å². The van der Waals surface area contributed by atoms with Crippen molar-refractivity contribution >= 4 is 59.1 Å². The Labute approximate surface area is 223 Å². The van der Waals surface area contributed by atoms with Crippen LogP contribution in [0.2, 0.25) is 5.02 Å². The van der Waals surface area contributed by atoms with Crippen LogP contribution in [0.25, 0.3) is 0 Å². The minimum Gasteiger partial charge on any atom is -0.364 e. The predicted octanol–water partition coefficient (Wildman–Crippen LogP) is 7.69. The van der Waals surface area contributed by atoms with Crippen LogP contribution >= 0.6 is 30.3 Å². The van der Waals surface area contributed by atoms with E-state index in [-0.39, 0.29) is 33.8 Å². The first-order valence-corrected chi connectivity index (χ1v) is 14.7. The number of amidine groups is 1. The molecule has 200 valence electrons. The zero-order valence-electron chi connectivity index (χ0n) is 20.6. The number of allylic oxidation sites excluding steroid dienone is 1. The first-order valence-electron chi connectivity index (χ1n) is 11.1. The van der Waals surface area contributed by atoms with Gasteiger partial charge in [0.25, 0.3) is 5.78 Å². The van der Waals surface area contributed by atoms with Gasteiger partial charge in [-0.25, -0.2) is 4.99 Å². The first-order chi connectivity index (χ1) is 17.1. The van der Waals surface area contributed by atoms with E-state index in [0.717, 1.165) is 6.07 Å². The van der Waals surface area contributed by atoms with E-state index in [1.165, 1.54) is 18.2 Å². The summed E-state index contributed by atoms with van der Waals surface area (Å²) >= 11 is 12.1. The minimum atomic E-state index is -5.11. The Morgan fingerprint density at radius 2 is 1.84 bits per heavy atom. The molecule has 6 nitrogen and oxygen atoms in total. The molecule has 1 atom stereocenters. The largest absolute Gasteiger partial charge is 0.454 e. The maximum absolute atomic E-state index is 13.1. The molecule has 0 aliphatic rings. The molecule has 2 rings (SSSR count). The van der Waals surface area contributed by atoms with Gasteiger partial charge in [0.05, 0.1) is 23.4 Å². The van der Waals surface area contributed by atoms with Crippen molar-refractivity contribution in [2.75, 3.05) is 30.1 Å². The number of carbonyl (C=O) groups excluding carboxylic acids is 2. The van der Waals surface area contributed by atoms with Crippen molar-refractivity contribution in [3.05, 3.63) is 69.7 Å². The maximum atomic E-state index is 13.1. The number of anilines is 2. The van der Waals surface area contributed by atoms with Crippen LogP contribution in [0.15, 0.2) is 58.6 Å². The molecule has 1 unspecified atom stereocenters. The van der Waals surface area contributed by atoms with Gasteiger partial charge >= 0.3 is 6.18 Å². The number of nitrogens with one attached hydrogen (secondary N) is 2. The highest BCUT2D eigenvalue weighted by Gasteiger charge is 2.40. The van der Waals surface area contributed by atoms with Crippen LogP contribution in [-0.2, 0) is 4.57 Å². The molecule has 0 radical (unpaired) electrons. The molecule has 2 aromatic rings. The highest BCUT2D eigenvalue weighted by molar-refractivity contribution is 7.62. The summed E-state index contributed by atoms with van der Waals surface area (Å²) in [5.41, 5.74) is 0.155. The van der Waals surface area contributed by atoms with Gasteiger partial charge in [-0.1, -0.05) is 41.4 Å². The Bertz CT molecular complexity index is 1270. The molecular weight excluding hydrogens is 549 g/mol. The quantitative estimate of drug-likeness (QED) is 0.131. The van der Waals surface area contributed by atoms with Crippen molar-refractivity contribution in [3.8, 4) is 0 Å². The number of rotatable bonds is 10. The molecule has 0 saturated heterocycles. The number of hydrogen-bond donors (Lipinski definition) is 2. The van der Waals surface area contributed by atoms with Crippen molar-refractivity contribution in [3.63, 3.8) is 0 Å². The van der Waals surface area contributed by atoms with Crippen molar-refractivity contribution < 1.29 is 27.3 Å². The number of aliphatic imine (C=N–C) groups is 1. The van der Waals surface area contributed by atoms with Crippen LogP contribution in [0, 0.1) is 0 Å². The number of nitrogens with zero attached hydrogens (tertiary/aromatic N) is 1. The summed E-state index contributed by atoms with van der Waals surface area (Å²) in [6, 6.07) is 10.2. The zero-order valence-corrected chi connectivity index (χ0v) is 23.0. The van der Waals surface area contributed by atoms with Gasteiger partial charge in [0.1, 0.15) is 12.0 Å². The molecule has 37 heavy (non-hydrogen) atoms. The fraction of sp³-hybridized carbons (Fsp3) is 0.320. The molecule has 0 aliphatic carbocycles. The molecular formula is C25H27Cl2F3N3O3P. The van der Waals surface area contributed by atoms with Crippen LogP contribution in [-0.4, -0.2) is 49.2 Å². The highest BCUT2D eigenvalue weighted by atomic mass is 35.5. The SMILES string of the molecule is C/C=C(Cl)\C(=N/C(C)Nc1cccc(C(=O)CCP(C)(C)=O)c1)Nc1ccc(Cl)cc1C(=O)C(F)(F)F. The third-order valence-corrected chi connectivity index (χ3v) is 6.91. The second kappa shape index (κ2) is 12.8. The van der Waals surface area contributed by atoms with Gasteiger partial charge in [-0.05, 0) is 57.5 Å². The lowest BCUT2D eigenvalue weighted by Gasteiger charge is -2.18. The van der Waals surface area contributed by atoms with Crippen LogP contribution in [0.4, 0.5) is 24.5 Å². The number of alkyl halides is 3. The third-order valence-electron chi connectivity index (χ3n) is 4.98. The summed E-state index contributed by atoms with van der Waals surface area (Å²) in [5.74, 6) is -2.20. The van der Waals surface area contributed by atoms with E-state index in [2.05, 4.69) is 15.6 Å². The van der Waals surface area contributed by atoms with Crippen LogP contribution in [0.5, 0.6) is 0 Å². The molecule has 0 aromatic heterocycles. The summed E-state index contributed by atoms with van der Waals surface area (Å²) in [7, 11) is -2.32. The highest BCUT2D eigenvalue weighted by Crippen LogP contribution is 2.36. The normalized spacial score (nSPS) is 13.8. The molecule has 0 spiro atoms. The topological polar surface area (TPSA) is 87.6 Å². The molecule has 0 saturated carbocycles. The Balaban J connectivity index is 2.30. The number of ketones is 2. The maximum Gasteiger partial charge on any atom is 0.454 e. The van der Waals surface area contributed by atoms with Crippen molar-refractivity contribution in [1.29, 1.82) is 0 Å². The van der Waals surface area contributed by atoms with Gasteiger partial charge in [0, 0.05) is 28.9 Å². The van der Waals surface area contributed by atoms with Gasteiger partial charge in [-0.2, -0.15) is 13.2 Å². The second-order valence-corrected chi connectivity index (χ2v) is 13.1. The predicted molar refractivity (Wildman–Crippen MR) is 145 cm³/mol. The summed E-state index contributed by atoms with van der Waals surface area (Å²) in [4.78, 5) is 28.8. The number of halogens is 5. The molecule has 0 amide bonds. The number of hydrogen-bond acceptors (Lipinski definition) is 5. The van der Waals surface area contributed by atoms with Crippen molar-refractivity contribution in [2.24, 2.45) is 4.99 Å². The van der Waals surface area contributed by atoms with Gasteiger partial charge in [-0.15, -0.1) is 0 Å². The number of benzene rings is 2. The molecule has 0 bridgehead atoms. The molecule has 2 N–H and O–H groups in total. The van der Waals surface area contributed by atoms with E-state index < -0.39 is 30.8 Å². The third kappa shape index (κ3) is 9.65. The monoisotopic (exact) mass is 575 g/mol. The molecule has 2 aromatic carbocycles. The Morgan fingerprint density at radius 1 is 1.16 bits per heavy atom. The lowest BCUT2D eigenvalue weighted by Crippen LogP contribution is -2.26. The lowest BCUT2D eigenvalue weighted by atomic mass is 10.1. The van der Waals surface area contributed by atoms with Gasteiger partial charge in [-0.3, -0.25) is 9.59 Å². The van der Waals surface area contributed by atoms with E-state index in [1.807, 2.05) is 0 Å². The van der Waals surface area contributed by atoms with E-state index in [4.69, 9.17) is 23.2 Å². The standard InChI is InChI=1S/C25H27Cl2F3N3O3P/c1-5-20(27)24(33-21-10-9-17(26)14-19(21)23(35)25(28,29)30)32-15(2)31-18-8-6-7-16(13-18)22(34)11-12-37(3,4)36/h5-10,13-15,31H,11-12H2,1-4H3,(H,32,33)/b20-5+. The zero-order chi connectivity index (χ0) is 28.0. The summed E-state index contributed by atoms with van der Waals surface area (Å²) < 4.78 is 51.3. The van der Waals surface area contributed by atoms with Crippen molar-refractivity contribution in [2.45, 2.75) is 32.6 Å². The van der Waals surface area contributed by atoms with Crippen LogP contribution in [0.3, 0.4) is 0 Å². The molecule has 0 aliphatic heterocycles. The molecule has 0 heterocycles. The van der Waals surface area contributed by atoms with E-state index in [9.17, 15) is 27.3 Å². The summed E-state index contributed by atoms with van der Waals surface area (Å²) in [6.45, 7) is 6.54. The fourth-order valence-electron chi connectivity index (χ4n) is 3.15. The van der Waals surface area contributed by atoms with E-state index >= 15 is 0 Å². The Morgan fingerprint density at radius 3 is 2.43 bits per heavy atom. The van der Waals surface area contributed by atoms with E-state index in [0.29, 0.717) is 17.4 Å². The summed E-state index contributed by atoms with van der Waals surface area (Å²) in [5, 5.41) is 5.85. The second-order valence-electron chi connectivity index (χ2n) is 8.63.